The molecule has 0 spiro atoms. The van der Waals surface area contributed by atoms with Crippen molar-refractivity contribution in [2.45, 2.75) is 31.4 Å². The Hall–Kier alpha value is -0.650. The molecule has 0 aromatic rings. The van der Waals surface area contributed by atoms with E-state index in [-0.39, 0.29) is 0 Å². The molecule has 1 aliphatic carbocycles. The Labute approximate surface area is 96.7 Å². The van der Waals surface area contributed by atoms with Crippen molar-refractivity contribution < 1.29 is 15.0 Å². The maximum absolute atomic E-state index is 11.1. The Morgan fingerprint density at radius 1 is 1.38 bits per heavy atom. The van der Waals surface area contributed by atoms with Crippen molar-refractivity contribution in [1.82, 2.24) is 9.80 Å². The number of carboxylic acid groups (broad SMARTS) is 1. The monoisotopic (exact) mass is 230 g/mol. The number of aliphatic hydroxyl groups excluding tert-OH is 1. The summed E-state index contributed by atoms with van der Waals surface area (Å²) in [6, 6.07) is 0. The fourth-order valence-corrected chi connectivity index (χ4v) is 1.91. The van der Waals surface area contributed by atoms with Crippen LogP contribution >= 0.6 is 0 Å². The largest absolute Gasteiger partial charge is 0.480 e. The quantitative estimate of drug-likeness (QED) is 0.637. The molecule has 1 atom stereocenters. The third-order valence-corrected chi connectivity index (χ3v) is 3.40. The smallest absolute Gasteiger partial charge is 0.324 e. The molecule has 0 amide bonds. The van der Waals surface area contributed by atoms with Gasteiger partial charge in [0.15, 0.2) is 0 Å². The molecule has 94 valence electrons. The Balaban J connectivity index is 2.39. The normalized spacial score (nSPS) is 20.1. The van der Waals surface area contributed by atoms with E-state index in [0.717, 1.165) is 6.54 Å². The summed E-state index contributed by atoms with van der Waals surface area (Å²) in [5.41, 5.74) is -0.703. The van der Waals surface area contributed by atoms with Crippen molar-refractivity contribution in [3.05, 3.63) is 0 Å². The van der Waals surface area contributed by atoms with Gasteiger partial charge in [-0.15, -0.1) is 0 Å². The lowest BCUT2D eigenvalue weighted by Crippen LogP contribution is -2.46. The highest BCUT2D eigenvalue weighted by molar-refractivity contribution is 5.82. The zero-order valence-corrected chi connectivity index (χ0v) is 10.3. The van der Waals surface area contributed by atoms with Crippen LogP contribution in [0.4, 0.5) is 0 Å². The lowest BCUT2D eigenvalue weighted by Gasteiger charge is -2.28. The molecule has 5 heteroatoms. The number of β-amino-alcohol motifs (C(OH)–C–C–N with tert-alkyl or cyclic N) is 1. The molecule has 0 heterocycles. The third kappa shape index (κ3) is 2.93. The second kappa shape index (κ2) is 5.12. The summed E-state index contributed by atoms with van der Waals surface area (Å²) in [4.78, 5) is 14.8. The van der Waals surface area contributed by atoms with Crippen molar-refractivity contribution in [3.8, 4) is 0 Å². The highest BCUT2D eigenvalue weighted by Gasteiger charge is 2.53. The summed E-state index contributed by atoms with van der Waals surface area (Å²) < 4.78 is 0. The summed E-state index contributed by atoms with van der Waals surface area (Å²) in [6.07, 6.45) is 0.886. The van der Waals surface area contributed by atoms with E-state index in [4.69, 9.17) is 5.11 Å². The molecule has 0 aromatic heterocycles. The number of hydrogen-bond acceptors (Lipinski definition) is 4. The maximum Gasteiger partial charge on any atom is 0.324 e. The Morgan fingerprint density at radius 3 is 2.31 bits per heavy atom. The van der Waals surface area contributed by atoms with Gasteiger partial charge in [-0.3, -0.25) is 9.69 Å². The van der Waals surface area contributed by atoms with Crippen LogP contribution in [0.25, 0.3) is 0 Å². The van der Waals surface area contributed by atoms with E-state index < -0.39 is 17.6 Å². The first-order valence-corrected chi connectivity index (χ1v) is 5.73. The van der Waals surface area contributed by atoms with Crippen molar-refractivity contribution in [2.24, 2.45) is 0 Å². The van der Waals surface area contributed by atoms with Gasteiger partial charge in [0, 0.05) is 13.1 Å². The Kier molecular flexibility index (Phi) is 4.29. The van der Waals surface area contributed by atoms with Crippen molar-refractivity contribution in [1.29, 1.82) is 0 Å². The first-order chi connectivity index (χ1) is 7.42. The molecule has 16 heavy (non-hydrogen) atoms. The second-order valence-electron chi connectivity index (χ2n) is 4.73. The van der Waals surface area contributed by atoms with Gasteiger partial charge in [-0.1, -0.05) is 6.92 Å². The summed E-state index contributed by atoms with van der Waals surface area (Å²) in [7, 11) is 3.71. The molecular weight excluding hydrogens is 208 g/mol. The number of nitrogens with zero attached hydrogens (tertiary/aromatic N) is 2. The second-order valence-corrected chi connectivity index (χ2v) is 4.73. The van der Waals surface area contributed by atoms with E-state index in [0.29, 0.717) is 25.9 Å². The Morgan fingerprint density at radius 2 is 1.94 bits per heavy atom. The predicted octanol–water partition coefficient (Wildman–Crippen LogP) is -0.152. The topological polar surface area (TPSA) is 64.0 Å². The molecule has 1 aliphatic rings. The van der Waals surface area contributed by atoms with Gasteiger partial charge in [-0.25, -0.2) is 0 Å². The standard InChI is InChI=1S/C11H22N2O3/c1-4-12(2)7-9(14)8-13(3)11(5-6-11)10(15)16/h9,14H,4-8H2,1-3H3,(H,15,16). The summed E-state index contributed by atoms with van der Waals surface area (Å²) >= 11 is 0. The van der Waals surface area contributed by atoms with E-state index in [2.05, 4.69) is 0 Å². The number of likely N-dealkylation sites (N-methyl/N-ethyl adjacent to an activating group) is 2. The zero-order valence-electron chi connectivity index (χ0n) is 10.3. The fraction of sp³-hybridized carbons (Fsp3) is 0.909. The molecule has 1 unspecified atom stereocenters. The lowest BCUT2D eigenvalue weighted by atomic mass is 10.2. The minimum atomic E-state index is -0.772. The molecule has 0 aliphatic heterocycles. The van der Waals surface area contributed by atoms with Crippen molar-refractivity contribution in [2.75, 3.05) is 33.7 Å². The van der Waals surface area contributed by atoms with Gasteiger partial charge in [-0.2, -0.15) is 0 Å². The number of carboxylic acids is 1. The first kappa shape index (κ1) is 13.4. The number of aliphatic hydroxyl groups is 1. The minimum absolute atomic E-state index is 0.413. The molecule has 1 fully saturated rings. The molecular formula is C11H22N2O3. The van der Waals surface area contributed by atoms with Crippen LogP contribution in [0.15, 0.2) is 0 Å². The third-order valence-electron chi connectivity index (χ3n) is 3.40. The van der Waals surface area contributed by atoms with E-state index in [9.17, 15) is 9.90 Å². The highest BCUT2D eigenvalue weighted by Crippen LogP contribution is 2.41. The number of aliphatic carboxylic acids is 1. The van der Waals surface area contributed by atoms with Gasteiger partial charge in [0.05, 0.1) is 6.10 Å². The van der Waals surface area contributed by atoms with Crippen molar-refractivity contribution >= 4 is 5.97 Å². The van der Waals surface area contributed by atoms with E-state index in [1.165, 1.54) is 0 Å². The van der Waals surface area contributed by atoms with Crippen LogP contribution in [-0.2, 0) is 4.79 Å². The molecule has 1 saturated carbocycles. The van der Waals surface area contributed by atoms with Crippen molar-refractivity contribution in [3.63, 3.8) is 0 Å². The van der Waals surface area contributed by atoms with Gasteiger partial charge >= 0.3 is 5.97 Å². The lowest BCUT2D eigenvalue weighted by molar-refractivity contribution is -0.145. The van der Waals surface area contributed by atoms with Crippen LogP contribution in [-0.4, -0.2) is 71.4 Å². The van der Waals surface area contributed by atoms with Crippen LogP contribution in [0.2, 0.25) is 0 Å². The minimum Gasteiger partial charge on any atom is -0.480 e. The number of rotatable bonds is 7. The molecule has 0 bridgehead atoms. The van der Waals surface area contributed by atoms with Gasteiger partial charge < -0.3 is 15.1 Å². The van der Waals surface area contributed by atoms with Crippen LogP contribution in [0, 0.1) is 0 Å². The van der Waals surface area contributed by atoms with Crippen LogP contribution in [0.5, 0.6) is 0 Å². The van der Waals surface area contributed by atoms with Gasteiger partial charge in [-0.05, 0) is 33.5 Å². The van der Waals surface area contributed by atoms with Gasteiger partial charge in [0.25, 0.3) is 0 Å². The van der Waals surface area contributed by atoms with Crippen LogP contribution in [0.1, 0.15) is 19.8 Å². The number of hydrogen-bond donors (Lipinski definition) is 2. The fourth-order valence-electron chi connectivity index (χ4n) is 1.91. The molecule has 0 saturated heterocycles. The molecule has 0 aromatic carbocycles. The highest BCUT2D eigenvalue weighted by atomic mass is 16.4. The average molecular weight is 230 g/mol. The summed E-state index contributed by atoms with van der Waals surface area (Å²) in [6.45, 7) is 3.90. The van der Waals surface area contributed by atoms with Crippen LogP contribution in [0.3, 0.4) is 0 Å². The molecule has 2 N–H and O–H groups in total. The molecule has 0 radical (unpaired) electrons. The summed E-state index contributed by atoms with van der Waals surface area (Å²) in [5, 5.41) is 18.9. The SMILES string of the molecule is CCN(C)CC(O)CN(C)C1(C(=O)O)CC1. The van der Waals surface area contributed by atoms with Gasteiger partial charge in [0.1, 0.15) is 5.54 Å². The maximum atomic E-state index is 11.1. The Bertz CT molecular complexity index is 254. The first-order valence-electron chi connectivity index (χ1n) is 5.73. The van der Waals surface area contributed by atoms with E-state index in [1.807, 2.05) is 18.9 Å². The van der Waals surface area contributed by atoms with E-state index >= 15 is 0 Å². The number of carbonyl (C=O) groups is 1. The summed E-state index contributed by atoms with van der Waals surface area (Å²) in [5.74, 6) is -0.772. The van der Waals surface area contributed by atoms with Crippen LogP contribution < -0.4 is 0 Å². The molecule has 5 nitrogen and oxygen atoms in total. The predicted molar refractivity (Wildman–Crippen MR) is 61.4 cm³/mol. The average Bonchev–Trinajstić information content (AvgIpc) is 2.97. The van der Waals surface area contributed by atoms with E-state index in [1.54, 1.807) is 11.9 Å². The van der Waals surface area contributed by atoms with Gasteiger partial charge in [0.2, 0.25) is 0 Å². The zero-order chi connectivity index (χ0) is 12.3. The molecule has 1 rings (SSSR count).